The Morgan fingerprint density at radius 2 is 2.22 bits per heavy atom. The van der Waals surface area contributed by atoms with E-state index in [1.54, 1.807) is 6.07 Å². The van der Waals surface area contributed by atoms with Gasteiger partial charge in [0.25, 0.3) is 0 Å². The van der Waals surface area contributed by atoms with Gasteiger partial charge in [-0.15, -0.1) is 12.4 Å². The molecule has 0 bridgehead atoms. The van der Waals surface area contributed by atoms with Gasteiger partial charge in [0.15, 0.2) is 0 Å². The first-order valence-corrected chi connectivity index (χ1v) is 5.87. The lowest BCUT2D eigenvalue weighted by molar-refractivity contribution is -0.143. The summed E-state index contributed by atoms with van der Waals surface area (Å²) in [4.78, 5) is 10.9. The molecule has 0 aliphatic carbocycles. The van der Waals surface area contributed by atoms with E-state index in [1.165, 1.54) is 12.1 Å². The zero-order valence-corrected chi connectivity index (χ0v) is 11.1. The number of nitrogens with one attached hydrogen (secondary N) is 1. The molecule has 6 heteroatoms. The molecule has 1 heterocycles. The largest absolute Gasteiger partial charge is 0.481 e. The van der Waals surface area contributed by atoms with E-state index in [9.17, 15) is 9.18 Å². The van der Waals surface area contributed by atoms with Gasteiger partial charge in [0.05, 0.1) is 10.9 Å². The average Bonchev–Trinajstić information content (AvgIpc) is 2.33. The zero-order valence-electron chi connectivity index (χ0n) is 9.53. The van der Waals surface area contributed by atoms with Crippen LogP contribution in [0, 0.1) is 11.7 Å². The first-order chi connectivity index (χ1) is 8.08. The fourth-order valence-corrected chi connectivity index (χ4v) is 2.24. The third-order valence-electron chi connectivity index (χ3n) is 3.10. The summed E-state index contributed by atoms with van der Waals surface area (Å²) in [5, 5.41) is 12.3. The topological polar surface area (TPSA) is 49.3 Å². The van der Waals surface area contributed by atoms with Crippen molar-refractivity contribution < 1.29 is 14.3 Å². The maximum absolute atomic E-state index is 13.3. The van der Waals surface area contributed by atoms with Crippen LogP contribution in [0.5, 0.6) is 0 Å². The Morgan fingerprint density at radius 1 is 1.50 bits per heavy atom. The quantitative estimate of drug-likeness (QED) is 0.881. The number of hydrogen-bond donors (Lipinski definition) is 2. The molecular weight excluding hydrogens is 280 g/mol. The Morgan fingerprint density at radius 3 is 2.83 bits per heavy atom. The number of piperidine rings is 1. The minimum atomic E-state index is -0.786. The van der Waals surface area contributed by atoms with Gasteiger partial charge in [-0.05, 0) is 37.1 Å². The Hall–Kier alpha value is -0.840. The van der Waals surface area contributed by atoms with Crippen LogP contribution < -0.4 is 5.32 Å². The number of carboxylic acid groups (broad SMARTS) is 1. The third kappa shape index (κ3) is 3.34. The number of rotatable bonds is 2. The van der Waals surface area contributed by atoms with Crippen LogP contribution in [-0.2, 0) is 4.79 Å². The van der Waals surface area contributed by atoms with E-state index >= 15 is 0 Å². The number of halogens is 3. The molecule has 18 heavy (non-hydrogen) atoms. The minimum Gasteiger partial charge on any atom is -0.481 e. The van der Waals surface area contributed by atoms with Gasteiger partial charge >= 0.3 is 5.97 Å². The van der Waals surface area contributed by atoms with Crippen LogP contribution in [0.15, 0.2) is 18.2 Å². The Kier molecular flexibility index (Phi) is 5.38. The highest BCUT2D eigenvalue weighted by Gasteiger charge is 2.27. The summed E-state index contributed by atoms with van der Waals surface area (Å²) >= 11 is 5.61. The summed E-state index contributed by atoms with van der Waals surface area (Å²) < 4.78 is 13.3. The van der Waals surface area contributed by atoms with Crippen molar-refractivity contribution in [2.45, 2.75) is 18.9 Å². The summed E-state index contributed by atoms with van der Waals surface area (Å²) in [6, 6.07) is 4.48. The Bertz CT molecular complexity index is 442. The molecular formula is C12H14Cl2FNO2. The van der Waals surface area contributed by atoms with Crippen molar-refractivity contribution in [3.8, 4) is 0 Å². The van der Waals surface area contributed by atoms with Crippen LogP contribution in [0.25, 0.3) is 0 Å². The van der Waals surface area contributed by atoms with Gasteiger partial charge in [0, 0.05) is 6.04 Å². The molecule has 0 radical (unpaired) electrons. The molecule has 100 valence electrons. The van der Waals surface area contributed by atoms with E-state index in [1.807, 2.05) is 0 Å². The molecule has 2 unspecified atom stereocenters. The smallest absolute Gasteiger partial charge is 0.306 e. The molecule has 0 spiro atoms. The van der Waals surface area contributed by atoms with Gasteiger partial charge in [-0.25, -0.2) is 4.39 Å². The van der Waals surface area contributed by atoms with E-state index in [2.05, 4.69) is 5.32 Å². The van der Waals surface area contributed by atoms with Gasteiger partial charge < -0.3 is 10.4 Å². The maximum Gasteiger partial charge on any atom is 0.306 e. The monoisotopic (exact) mass is 293 g/mol. The van der Waals surface area contributed by atoms with Crippen LogP contribution in [0.1, 0.15) is 24.4 Å². The highest BCUT2D eigenvalue weighted by Crippen LogP contribution is 2.29. The van der Waals surface area contributed by atoms with E-state index in [-0.39, 0.29) is 29.4 Å². The third-order valence-corrected chi connectivity index (χ3v) is 3.41. The maximum atomic E-state index is 13.3. The number of carbonyl (C=O) groups is 1. The van der Waals surface area contributed by atoms with Gasteiger partial charge in [0.2, 0.25) is 0 Å². The molecule has 3 nitrogen and oxygen atoms in total. The molecule has 1 aromatic carbocycles. The lowest BCUT2D eigenvalue weighted by atomic mass is 9.89. The molecule has 2 N–H and O–H groups in total. The SMILES string of the molecule is Cl.O=C(O)C1CCNC(c2ccc(Cl)c(F)c2)C1. The molecule has 2 atom stereocenters. The van der Waals surface area contributed by atoms with E-state index in [0.29, 0.717) is 19.4 Å². The lowest BCUT2D eigenvalue weighted by Crippen LogP contribution is -2.34. The summed E-state index contributed by atoms with van der Waals surface area (Å²) in [7, 11) is 0. The number of benzene rings is 1. The molecule has 0 aromatic heterocycles. The van der Waals surface area contributed by atoms with Gasteiger partial charge in [-0.3, -0.25) is 4.79 Å². The van der Waals surface area contributed by atoms with Crippen molar-refractivity contribution in [1.82, 2.24) is 5.32 Å². The molecule has 2 rings (SSSR count). The van der Waals surface area contributed by atoms with E-state index in [0.717, 1.165) is 5.56 Å². The van der Waals surface area contributed by atoms with Crippen LogP contribution in [0.4, 0.5) is 4.39 Å². The second-order valence-corrected chi connectivity index (χ2v) is 4.65. The molecule has 1 saturated heterocycles. The number of hydrogen-bond acceptors (Lipinski definition) is 2. The Balaban J connectivity index is 0.00000162. The molecule has 0 amide bonds. The standard InChI is InChI=1S/C12H13ClFNO2.ClH/c13-9-2-1-7(5-10(9)14)11-6-8(12(16)17)3-4-15-11;/h1-2,5,8,11,15H,3-4,6H2,(H,16,17);1H. The fourth-order valence-electron chi connectivity index (χ4n) is 2.12. The van der Waals surface area contributed by atoms with Crippen LogP contribution >= 0.6 is 24.0 Å². The van der Waals surface area contributed by atoms with Gasteiger partial charge in [-0.2, -0.15) is 0 Å². The second kappa shape index (κ2) is 6.36. The lowest BCUT2D eigenvalue weighted by Gasteiger charge is -2.28. The second-order valence-electron chi connectivity index (χ2n) is 4.24. The minimum absolute atomic E-state index is 0. The van der Waals surface area contributed by atoms with Crippen LogP contribution in [-0.4, -0.2) is 17.6 Å². The normalized spacial score (nSPS) is 23.2. The predicted octanol–water partition coefficient (Wildman–Crippen LogP) is 3.03. The van der Waals surface area contributed by atoms with Gasteiger partial charge in [0.1, 0.15) is 5.82 Å². The molecule has 1 fully saturated rings. The highest BCUT2D eigenvalue weighted by molar-refractivity contribution is 6.30. The van der Waals surface area contributed by atoms with Crippen molar-refractivity contribution in [3.63, 3.8) is 0 Å². The van der Waals surface area contributed by atoms with Crippen LogP contribution in [0.3, 0.4) is 0 Å². The molecule has 1 aliphatic rings. The molecule has 0 saturated carbocycles. The number of aliphatic carboxylic acids is 1. The Labute approximate surface area is 116 Å². The fraction of sp³-hybridized carbons (Fsp3) is 0.417. The zero-order chi connectivity index (χ0) is 12.4. The summed E-state index contributed by atoms with van der Waals surface area (Å²) in [5.74, 6) is -1.62. The van der Waals surface area contributed by atoms with Crippen molar-refractivity contribution in [1.29, 1.82) is 0 Å². The first kappa shape index (κ1) is 15.2. The summed E-state index contributed by atoms with van der Waals surface area (Å²) in [6.07, 6.45) is 1.10. The van der Waals surface area contributed by atoms with Crippen LogP contribution in [0.2, 0.25) is 5.02 Å². The van der Waals surface area contributed by atoms with Gasteiger partial charge in [-0.1, -0.05) is 17.7 Å². The first-order valence-electron chi connectivity index (χ1n) is 5.49. The van der Waals surface area contributed by atoms with Crippen molar-refractivity contribution in [2.24, 2.45) is 5.92 Å². The van der Waals surface area contributed by atoms with Crippen molar-refractivity contribution in [2.75, 3.05) is 6.54 Å². The molecule has 1 aliphatic heterocycles. The van der Waals surface area contributed by atoms with E-state index < -0.39 is 11.8 Å². The predicted molar refractivity (Wildman–Crippen MR) is 69.8 cm³/mol. The summed E-state index contributed by atoms with van der Waals surface area (Å²) in [6.45, 7) is 0.631. The molecule has 1 aromatic rings. The van der Waals surface area contributed by atoms with Crippen molar-refractivity contribution >= 4 is 30.0 Å². The summed E-state index contributed by atoms with van der Waals surface area (Å²) in [5.41, 5.74) is 0.748. The number of carboxylic acids is 1. The van der Waals surface area contributed by atoms with E-state index in [4.69, 9.17) is 16.7 Å². The highest BCUT2D eigenvalue weighted by atomic mass is 35.5. The average molecular weight is 294 g/mol. The van der Waals surface area contributed by atoms with Crippen molar-refractivity contribution in [3.05, 3.63) is 34.6 Å².